The van der Waals surface area contributed by atoms with Crippen LogP contribution in [0.2, 0.25) is 0 Å². The van der Waals surface area contributed by atoms with Crippen LogP contribution in [0, 0.1) is 5.82 Å². The third-order valence-electron chi connectivity index (χ3n) is 3.50. The van der Waals surface area contributed by atoms with E-state index in [1.807, 2.05) is 6.07 Å². The number of nitrogens with one attached hydrogen (secondary N) is 1. The lowest BCUT2D eigenvalue weighted by Gasteiger charge is -2.24. The summed E-state index contributed by atoms with van der Waals surface area (Å²) in [5, 5.41) is 0. The molecule has 2 rings (SSSR count). The van der Waals surface area contributed by atoms with Crippen LogP contribution in [0.1, 0.15) is 43.7 Å². The molecule has 1 aromatic rings. The van der Waals surface area contributed by atoms with Gasteiger partial charge in [0.1, 0.15) is 5.82 Å². The van der Waals surface area contributed by atoms with Gasteiger partial charge in [-0.2, -0.15) is 0 Å². The maximum absolute atomic E-state index is 13.2. The normalized spacial score (nSPS) is 21.8. The first-order chi connectivity index (χ1) is 8.79. The standard InChI is InChI=1S/C14H21FN2O/c15-12-5-3-4-11(10-12)14(17-16)8-7-13-6-1-2-9-18-13/h3-5,10,13-14,17H,1-2,6-9,16H2. The van der Waals surface area contributed by atoms with Crippen molar-refractivity contribution in [2.24, 2.45) is 5.84 Å². The van der Waals surface area contributed by atoms with E-state index in [1.54, 1.807) is 6.07 Å². The maximum Gasteiger partial charge on any atom is 0.123 e. The van der Waals surface area contributed by atoms with Gasteiger partial charge in [-0.25, -0.2) is 4.39 Å². The molecule has 18 heavy (non-hydrogen) atoms. The van der Waals surface area contributed by atoms with Crippen molar-refractivity contribution in [2.45, 2.75) is 44.2 Å². The van der Waals surface area contributed by atoms with Crippen molar-refractivity contribution >= 4 is 0 Å². The lowest BCUT2D eigenvalue weighted by atomic mass is 9.97. The average Bonchev–Trinajstić information content (AvgIpc) is 2.41. The van der Waals surface area contributed by atoms with Crippen molar-refractivity contribution in [1.29, 1.82) is 0 Å². The molecule has 1 heterocycles. The molecule has 0 bridgehead atoms. The topological polar surface area (TPSA) is 47.3 Å². The third-order valence-corrected chi connectivity index (χ3v) is 3.50. The van der Waals surface area contributed by atoms with Gasteiger partial charge in [-0.05, 0) is 49.8 Å². The van der Waals surface area contributed by atoms with Gasteiger partial charge >= 0.3 is 0 Å². The Morgan fingerprint density at radius 3 is 3.00 bits per heavy atom. The Bertz CT molecular complexity index is 367. The minimum Gasteiger partial charge on any atom is -0.378 e. The van der Waals surface area contributed by atoms with Crippen LogP contribution in [0.4, 0.5) is 4.39 Å². The highest BCUT2D eigenvalue weighted by molar-refractivity contribution is 5.19. The van der Waals surface area contributed by atoms with Crippen molar-refractivity contribution in [3.8, 4) is 0 Å². The lowest BCUT2D eigenvalue weighted by Crippen LogP contribution is -2.29. The van der Waals surface area contributed by atoms with Crippen molar-refractivity contribution in [1.82, 2.24) is 5.43 Å². The predicted molar refractivity (Wildman–Crippen MR) is 69.3 cm³/mol. The van der Waals surface area contributed by atoms with Gasteiger partial charge in [-0.15, -0.1) is 0 Å². The summed E-state index contributed by atoms with van der Waals surface area (Å²) in [6, 6.07) is 6.58. The molecule has 100 valence electrons. The first-order valence-corrected chi connectivity index (χ1v) is 6.63. The summed E-state index contributed by atoms with van der Waals surface area (Å²) < 4.78 is 18.9. The zero-order valence-electron chi connectivity index (χ0n) is 10.6. The van der Waals surface area contributed by atoms with Gasteiger partial charge in [-0.3, -0.25) is 11.3 Å². The predicted octanol–water partition coefficient (Wildman–Crippen LogP) is 2.68. The summed E-state index contributed by atoms with van der Waals surface area (Å²) in [6.45, 7) is 0.866. The molecule has 2 atom stereocenters. The van der Waals surface area contributed by atoms with Gasteiger partial charge in [0.2, 0.25) is 0 Å². The van der Waals surface area contributed by atoms with Gasteiger partial charge in [0, 0.05) is 12.6 Å². The van der Waals surface area contributed by atoms with Crippen LogP contribution in [-0.2, 0) is 4.74 Å². The van der Waals surface area contributed by atoms with Gasteiger partial charge in [0.05, 0.1) is 6.10 Å². The molecular weight excluding hydrogens is 231 g/mol. The van der Waals surface area contributed by atoms with Gasteiger partial charge in [-0.1, -0.05) is 12.1 Å². The first-order valence-electron chi connectivity index (χ1n) is 6.63. The molecule has 0 saturated carbocycles. The fraction of sp³-hybridized carbons (Fsp3) is 0.571. The van der Waals surface area contributed by atoms with E-state index < -0.39 is 0 Å². The Morgan fingerprint density at radius 1 is 1.44 bits per heavy atom. The largest absolute Gasteiger partial charge is 0.378 e. The summed E-state index contributed by atoms with van der Waals surface area (Å²) in [6.07, 6.45) is 5.70. The van der Waals surface area contributed by atoms with Crippen LogP contribution < -0.4 is 11.3 Å². The fourth-order valence-electron chi connectivity index (χ4n) is 2.46. The average molecular weight is 252 g/mol. The molecule has 1 fully saturated rings. The minimum absolute atomic E-state index is 0.00812. The van der Waals surface area contributed by atoms with Crippen molar-refractivity contribution in [2.75, 3.05) is 6.61 Å². The molecule has 0 aliphatic carbocycles. The van der Waals surface area contributed by atoms with Crippen molar-refractivity contribution < 1.29 is 9.13 Å². The Balaban J connectivity index is 1.88. The Labute approximate surface area is 107 Å². The molecule has 1 aromatic carbocycles. The highest BCUT2D eigenvalue weighted by atomic mass is 19.1. The number of hydrogen-bond donors (Lipinski definition) is 2. The van der Waals surface area contributed by atoms with Gasteiger partial charge in [0.25, 0.3) is 0 Å². The van der Waals surface area contributed by atoms with Crippen LogP contribution >= 0.6 is 0 Å². The summed E-state index contributed by atoms with van der Waals surface area (Å²) in [4.78, 5) is 0. The second kappa shape index (κ2) is 6.83. The number of hydrazine groups is 1. The molecule has 1 aliphatic heterocycles. The number of rotatable bonds is 5. The lowest BCUT2D eigenvalue weighted by molar-refractivity contribution is 0.00854. The fourth-order valence-corrected chi connectivity index (χ4v) is 2.46. The van der Waals surface area contributed by atoms with E-state index in [0.29, 0.717) is 6.10 Å². The molecule has 1 saturated heterocycles. The molecule has 0 radical (unpaired) electrons. The van der Waals surface area contributed by atoms with E-state index in [0.717, 1.165) is 31.4 Å². The number of ether oxygens (including phenoxy) is 1. The quantitative estimate of drug-likeness (QED) is 0.625. The minimum atomic E-state index is -0.221. The summed E-state index contributed by atoms with van der Waals surface area (Å²) in [5.41, 5.74) is 3.66. The zero-order chi connectivity index (χ0) is 12.8. The van der Waals surface area contributed by atoms with Crippen LogP contribution in [-0.4, -0.2) is 12.7 Å². The monoisotopic (exact) mass is 252 g/mol. The smallest absolute Gasteiger partial charge is 0.123 e. The van der Waals surface area contributed by atoms with Crippen LogP contribution in [0.3, 0.4) is 0 Å². The molecule has 1 aliphatic rings. The van der Waals surface area contributed by atoms with E-state index >= 15 is 0 Å². The second-order valence-electron chi connectivity index (χ2n) is 4.84. The second-order valence-corrected chi connectivity index (χ2v) is 4.84. The number of hydrogen-bond acceptors (Lipinski definition) is 3. The van der Waals surface area contributed by atoms with Crippen molar-refractivity contribution in [3.63, 3.8) is 0 Å². The summed E-state index contributed by atoms with van der Waals surface area (Å²) >= 11 is 0. The summed E-state index contributed by atoms with van der Waals surface area (Å²) in [5.74, 6) is 5.34. The van der Waals surface area contributed by atoms with Gasteiger partial charge < -0.3 is 4.74 Å². The molecule has 3 N–H and O–H groups in total. The number of benzene rings is 1. The van der Waals surface area contributed by atoms with E-state index in [-0.39, 0.29) is 11.9 Å². The van der Waals surface area contributed by atoms with Crippen molar-refractivity contribution in [3.05, 3.63) is 35.6 Å². The molecular formula is C14H21FN2O. The summed E-state index contributed by atoms with van der Waals surface area (Å²) in [7, 11) is 0. The highest BCUT2D eigenvalue weighted by Crippen LogP contribution is 2.23. The van der Waals surface area contributed by atoms with Crippen LogP contribution in [0.5, 0.6) is 0 Å². The molecule has 0 spiro atoms. The maximum atomic E-state index is 13.2. The van der Waals surface area contributed by atoms with Crippen LogP contribution in [0.25, 0.3) is 0 Å². The molecule has 2 unspecified atom stereocenters. The van der Waals surface area contributed by atoms with E-state index in [4.69, 9.17) is 10.6 Å². The zero-order valence-corrected chi connectivity index (χ0v) is 10.6. The molecule has 3 nitrogen and oxygen atoms in total. The number of nitrogens with two attached hydrogens (primary N) is 1. The SMILES string of the molecule is NNC(CCC1CCCCO1)c1cccc(F)c1. The molecule has 0 amide bonds. The first kappa shape index (κ1) is 13.5. The highest BCUT2D eigenvalue weighted by Gasteiger charge is 2.17. The number of halogens is 1. The van der Waals surface area contributed by atoms with Crippen LogP contribution in [0.15, 0.2) is 24.3 Å². The molecule has 0 aromatic heterocycles. The van der Waals surface area contributed by atoms with Gasteiger partial charge in [0.15, 0.2) is 0 Å². The molecule has 4 heteroatoms. The van der Waals surface area contributed by atoms with E-state index in [2.05, 4.69) is 5.43 Å². The third kappa shape index (κ3) is 3.77. The van der Waals surface area contributed by atoms with E-state index in [9.17, 15) is 4.39 Å². The Morgan fingerprint density at radius 2 is 2.33 bits per heavy atom. The Kier molecular flexibility index (Phi) is 5.11. The Hall–Kier alpha value is -0.970. The van der Waals surface area contributed by atoms with E-state index in [1.165, 1.54) is 25.0 Å².